The number of hydrogen-bond donors (Lipinski definition) is 0. The first kappa shape index (κ1) is 28.7. The van der Waals surface area contributed by atoms with Crippen LogP contribution in [0.25, 0.3) is 0 Å². The van der Waals surface area contributed by atoms with Crippen LogP contribution in [0.3, 0.4) is 0 Å². The second kappa shape index (κ2) is 14.2. The van der Waals surface area contributed by atoms with Crippen molar-refractivity contribution in [3.05, 3.63) is 71.8 Å². The number of rotatable bonds is 11. The predicted octanol–water partition coefficient (Wildman–Crippen LogP) is 4.20. The smallest absolute Gasteiger partial charge is 0.335 e. The summed E-state index contributed by atoms with van der Waals surface area (Å²) in [6.07, 6.45) is -5.49. The van der Waals surface area contributed by atoms with Gasteiger partial charge in [-0.05, 0) is 18.1 Å². The Bertz CT molecular complexity index is 975. The van der Waals surface area contributed by atoms with E-state index in [1.165, 1.54) is 20.8 Å². The molecule has 1 fully saturated rings. The third kappa shape index (κ3) is 9.18. The van der Waals surface area contributed by atoms with Gasteiger partial charge in [0.2, 0.25) is 6.29 Å². The quantitative estimate of drug-likeness (QED) is 0.236. The van der Waals surface area contributed by atoms with Crippen LogP contribution in [0, 0.1) is 0 Å². The molecule has 0 aliphatic carbocycles. The Hall–Kier alpha value is -2.88. The first-order valence-electron chi connectivity index (χ1n) is 11.7. The molecule has 1 heterocycles. The summed E-state index contributed by atoms with van der Waals surface area (Å²) >= 11 is 0. The van der Waals surface area contributed by atoms with Crippen LogP contribution >= 0.6 is 8.60 Å². The van der Waals surface area contributed by atoms with E-state index >= 15 is 0 Å². The Balaban J connectivity index is 1.83. The summed E-state index contributed by atoms with van der Waals surface area (Å²) in [7, 11) is -2.04. The lowest BCUT2D eigenvalue weighted by Gasteiger charge is -2.43. The minimum absolute atomic E-state index is 0.186. The molecule has 11 heteroatoms. The second-order valence-electron chi connectivity index (χ2n) is 8.28. The Morgan fingerprint density at radius 2 is 1.14 bits per heavy atom. The lowest BCUT2D eigenvalue weighted by Crippen LogP contribution is -2.60. The van der Waals surface area contributed by atoms with Crippen molar-refractivity contribution >= 4 is 26.5 Å². The third-order valence-electron chi connectivity index (χ3n) is 5.18. The highest BCUT2D eigenvalue weighted by Gasteiger charge is 2.52. The monoisotopic (exact) mass is 534 g/mol. The normalized spacial score (nSPS) is 23.3. The van der Waals surface area contributed by atoms with Crippen LogP contribution in [0.2, 0.25) is 0 Å². The van der Waals surface area contributed by atoms with Crippen molar-refractivity contribution < 1.29 is 46.9 Å². The van der Waals surface area contributed by atoms with Crippen molar-refractivity contribution in [2.45, 2.75) is 71.6 Å². The van der Waals surface area contributed by atoms with Gasteiger partial charge in [0, 0.05) is 20.8 Å². The number of carbonyl (C=O) groups is 3. The third-order valence-corrected chi connectivity index (χ3v) is 6.24. The zero-order valence-electron chi connectivity index (χ0n) is 21.1. The highest BCUT2D eigenvalue weighted by atomic mass is 31.2. The Morgan fingerprint density at radius 1 is 0.703 bits per heavy atom. The van der Waals surface area contributed by atoms with Gasteiger partial charge in [-0.15, -0.1) is 0 Å². The van der Waals surface area contributed by atoms with Crippen LogP contribution in [0.5, 0.6) is 0 Å². The van der Waals surface area contributed by atoms with E-state index < -0.39 is 57.2 Å². The summed E-state index contributed by atoms with van der Waals surface area (Å²) in [6, 6.07) is 18.9. The van der Waals surface area contributed by atoms with Gasteiger partial charge in [0.05, 0.1) is 19.3 Å². The fourth-order valence-electron chi connectivity index (χ4n) is 3.64. The van der Waals surface area contributed by atoms with E-state index in [1.807, 2.05) is 60.7 Å². The molecule has 5 atom stereocenters. The number of esters is 3. The molecule has 3 rings (SSSR count). The zero-order valence-corrected chi connectivity index (χ0v) is 22.0. The topological polar surface area (TPSA) is 116 Å². The molecular weight excluding hydrogens is 503 g/mol. The fourth-order valence-corrected chi connectivity index (χ4v) is 4.69. The molecule has 1 aliphatic rings. The average Bonchev–Trinajstić information content (AvgIpc) is 2.86. The van der Waals surface area contributed by atoms with E-state index in [2.05, 4.69) is 0 Å². The molecular formula is C26H31O10P. The van der Waals surface area contributed by atoms with E-state index in [0.717, 1.165) is 11.1 Å². The molecule has 2 aromatic carbocycles. The van der Waals surface area contributed by atoms with Crippen LogP contribution in [0.1, 0.15) is 38.8 Å². The molecule has 37 heavy (non-hydrogen) atoms. The molecule has 1 aliphatic heterocycles. The fraction of sp³-hybridized carbons (Fsp3) is 0.423. The van der Waals surface area contributed by atoms with Crippen molar-refractivity contribution in [3.63, 3.8) is 0 Å². The van der Waals surface area contributed by atoms with Crippen LogP contribution < -0.4 is 0 Å². The lowest BCUT2D eigenvalue weighted by atomic mass is 9.99. The summed E-state index contributed by atoms with van der Waals surface area (Å²) in [6.45, 7) is 5.61. The molecule has 0 amide bonds. The summed E-state index contributed by atoms with van der Waals surface area (Å²) in [4.78, 5) is 35.6. The SMILES string of the molecule is CC(=O)OC1[C@H](OP(OCc2ccccc2)OCc2ccccc2)OC(C)[C@H](OC(C)=O)[C@H]1OC(C)=O. The van der Waals surface area contributed by atoms with Crippen molar-refractivity contribution in [2.75, 3.05) is 0 Å². The van der Waals surface area contributed by atoms with E-state index in [-0.39, 0.29) is 13.2 Å². The molecule has 200 valence electrons. The van der Waals surface area contributed by atoms with E-state index in [9.17, 15) is 14.4 Å². The van der Waals surface area contributed by atoms with Crippen molar-refractivity contribution in [2.24, 2.45) is 0 Å². The van der Waals surface area contributed by atoms with Gasteiger partial charge < -0.3 is 28.0 Å². The minimum Gasteiger partial charge on any atom is -0.456 e. The number of ether oxygens (including phenoxy) is 4. The van der Waals surface area contributed by atoms with Gasteiger partial charge in [0.25, 0.3) is 0 Å². The summed E-state index contributed by atoms with van der Waals surface area (Å²) < 4.78 is 40.2. The van der Waals surface area contributed by atoms with Crippen LogP contribution in [0.4, 0.5) is 0 Å². The van der Waals surface area contributed by atoms with Gasteiger partial charge in [-0.1, -0.05) is 60.7 Å². The first-order chi connectivity index (χ1) is 17.7. The van der Waals surface area contributed by atoms with Gasteiger partial charge >= 0.3 is 26.5 Å². The maximum atomic E-state index is 12.0. The molecule has 1 saturated heterocycles. The molecule has 0 N–H and O–H groups in total. The summed E-state index contributed by atoms with van der Waals surface area (Å²) in [5.74, 6) is -1.94. The number of hydrogen-bond acceptors (Lipinski definition) is 10. The van der Waals surface area contributed by atoms with Crippen molar-refractivity contribution in [1.82, 2.24) is 0 Å². The van der Waals surface area contributed by atoms with Crippen LogP contribution in [-0.2, 0) is 60.1 Å². The predicted molar refractivity (Wildman–Crippen MR) is 131 cm³/mol. The van der Waals surface area contributed by atoms with Crippen molar-refractivity contribution in [3.8, 4) is 0 Å². The maximum Gasteiger partial charge on any atom is 0.335 e. The number of benzene rings is 2. The van der Waals surface area contributed by atoms with Gasteiger partial charge in [0.1, 0.15) is 0 Å². The zero-order chi connectivity index (χ0) is 26.8. The van der Waals surface area contributed by atoms with Gasteiger partial charge in [-0.3, -0.25) is 18.9 Å². The van der Waals surface area contributed by atoms with E-state index in [0.29, 0.717) is 0 Å². The molecule has 0 bridgehead atoms. The first-order valence-corrected chi connectivity index (χ1v) is 12.8. The van der Waals surface area contributed by atoms with Gasteiger partial charge in [-0.25, -0.2) is 0 Å². The van der Waals surface area contributed by atoms with Gasteiger partial charge in [0.15, 0.2) is 18.3 Å². The molecule has 0 aromatic heterocycles. The molecule has 0 spiro atoms. The Morgan fingerprint density at radius 3 is 1.59 bits per heavy atom. The van der Waals surface area contributed by atoms with Crippen LogP contribution in [0.15, 0.2) is 60.7 Å². The second-order valence-corrected chi connectivity index (χ2v) is 9.45. The van der Waals surface area contributed by atoms with Gasteiger partial charge in [-0.2, -0.15) is 0 Å². The number of carbonyl (C=O) groups excluding carboxylic acids is 3. The highest BCUT2D eigenvalue weighted by molar-refractivity contribution is 7.41. The largest absolute Gasteiger partial charge is 0.456 e. The Labute approximate surface area is 217 Å². The summed E-state index contributed by atoms with van der Waals surface area (Å²) in [5.41, 5.74) is 1.79. The standard InChI is InChI=1S/C26H31O10P/c1-17-23(33-18(2)27)24(34-19(3)28)25(35-20(4)29)26(32-17)36-37(30-15-21-11-7-5-8-12-21)31-16-22-13-9-6-10-14-22/h5-14,17,23-26H,15-16H2,1-4H3/t17?,23-,24+,25?,26-/m0/s1. The molecule has 10 nitrogen and oxygen atoms in total. The molecule has 2 aromatic rings. The van der Waals surface area contributed by atoms with E-state index in [4.69, 9.17) is 32.5 Å². The lowest BCUT2D eigenvalue weighted by molar-refractivity contribution is -0.282. The molecule has 0 radical (unpaired) electrons. The maximum absolute atomic E-state index is 12.0. The summed E-state index contributed by atoms with van der Waals surface area (Å²) in [5, 5.41) is 0. The Kier molecular flexibility index (Phi) is 11.0. The van der Waals surface area contributed by atoms with Crippen molar-refractivity contribution in [1.29, 1.82) is 0 Å². The van der Waals surface area contributed by atoms with Crippen LogP contribution in [-0.4, -0.2) is 48.6 Å². The molecule has 2 unspecified atom stereocenters. The minimum atomic E-state index is -2.04. The average molecular weight is 534 g/mol. The van der Waals surface area contributed by atoms with E-state index in [1.54, 1.807) is 6.92 Å². The molecule has 0 saturated carbocycles. The highest BCUT2D eigenvalue weighted by Crippen LogP contribution is 2.46.